The maximum atomic E-state index is 5.54. The van der Waals surface area contributed by atoms with Crippen LogP contribution in [0.15, 0.2) is 30.7 Å². The van der Waals surface area contributed by atoms with Crippen molar-refractivity contribution in [1.29, 1.82) is 0 Å². The van der Waals surface area contributed by atoms with Crippen molar-refractivity contribution >= 4 is 0 Å². The maximum absolute atomic E-state index is 5.54. The Labute approximate surface area is 100 Å². The van der Waals surface area contributed by atoms with Gasteiger partial charge in [0.25, 0.3) is 0 Å². The molecule has 90 valence electrons. The molecule has 0 spiro atoms. The summed E-state index contributed by atoms with van der Waals surface area (Å²) in [6.07, 6.45) is 5.27. The molecule has 2 aromatic rings. The second kappa shape index (κ2) is 5.45. The van der Waals surface area contributed by atoms with Crippen molar-refractivity contribution in [2.45, 2.75) is 13.5 Å². The molecular weight excluding hydrogens is 216 g/mol. The molecule has 0 aliphatic rings. The van der Waals surface area contributed by atoms with Gasteiger partial charge in [-0.3, -0.25) is 4.68 Å². The van der Waals surface area contributed by atoms with Crippen LogP contribution in [0, 0.1) is 0 Å². The van der Waals surface area contributed by atoms with Gasteiger partial charge >= 0.3 is 0 Å². The molecule has 0 aliphatic heterocycles. The van der Waals surface area contributed by atoms with Crippen LogP contribution in [0.5, 0.6) is 11.6 Å². The van der Waals surface area contributed by atoms with E-state index in [0.717, 1.165) is 18.7 Å². The summed E-state index contributed by atoms with van der Waals surface area (Å²) in [4.78, 5) is 4.24. The first-order valence-electron chi connectivity index (χ1n) is 5.60. The summed E-state index contributed by atoms with van der Waals surface area (Å²) in [6.45, 7) is 3.86. The fourth-order valence-electron chi connectivity index (χ4n) is 1.42. The van der Waals surface area contributed by atoms with Crippen LogP contribution in [-0.4, -0.2) is 21.3 Å². The number of nitrogens with zero attached hydrogens (tertiary/aromatic N) is 3. The number of aromatic nitrogens is 3. The Kier molecular flexibility index (Phi) is 3.72. The predicted molar refractivity (Wildman–Crippen MR) is 64.9 cm³/mol. The average Bonchev–Trinajstić information content (AvgIpc) is 2.74. The van der Waals surface area contributed by atoms with Crippen molar-refractivity contribution in [1.82, 2.24) is 20.1 Å². The molecule has 0 saturated carbocycles. The van der Waals surface area contributed by atoms with E-state index in [0.29, 0.717) is 11.6 Å². The van der Waals surface area contributed by atoms with Crippen LogP contribution in [0.2, 0.25) is 0 Å². The topological polar surface area (TPSA) is 52.0 Å². The highest BCUT2D eigenvalue weighted by Crippen LogP contribution is 2.17. The van der Waals surface area contributed by atoms with Crippen LogP contribution in [0.1, 0.15) is 12.5 Å². The normalized spacial score (nSPS) is 10.5. The first-order chi connectivity index (χ1) is 8.28. The quantitative estimate of drug-likeness (QED) is 0.852. The minimum absolute atomic E-state index is 0.582. The highest BCUT2D eigenvalue weighted by Gasteiger charge is 2.00. The van der Waals surface area contributed by atoms with E-state index in [1.54, 1.807) is 17.1 Å². The SMILES string of the molecule is CCNCc1ccc(Oc2cnn(C)c2)nc1. The third kappa shape index (κ3) is 3.29. The number of rotatable bonds is 5. The number of ether oxygens (including phenoxy) is 1. The molecule has 2 rings (SSSR count). The molecule has 0 atom stereocenters. The zero-order chi connectivity index (χ0) is 12.1. The van der Waals surface area contributed by atoms with Gasteiger partial charge in [-0.1, -0.05) is 13.0 Å². The number of hydrogen-bond acceptors (Lipinski definition) is 4. The fraction of sp³-hybridized carbons (Fsp3) is 0.333. The third-order valence-corrected chi connectivity index (χ3v) is 2.28. The van der Waals surface area contributed by atoms with Crippen molar-refractivity contribution in [3.8, 4) is 11.6 Å². The van der Waals surface area contributed by atoms with Crippen LogP contribution in [0.25, 0.3) is 0 Å². The van der Waals surface area contributed by atoms with Crippen LogP contribution < -0.4 is 10.1 Å². The number of pyridine rings is 1. The first-order valence-corrected chi connectivity index (χ1v) is 5.60. The van der Waals surface area contributed by atoms with Crippen LogP contribution in [-0.2, 0) is 13.6 Å². The lowest BCUT2D eigenvalue weighted by Gasteiger charge is -2.04. The lowest BCUT2D eigenvalue weighted by atomic mass is 10.3. The molecule has 0 aromatic carbocycles. The zero-order valence-electron chi connectivity index (χ0n) is 10.1. The second-order valence-electron chi connectivity index (χ2n) is 3.74. The molecule has 0 unspecified atom stereocenters. The molecule has 0 fully saturated rings. The maximum Gasteiger partial charge on any atom is 0.219 e. The van der Waals surface area contributed by atoms with Crippen molar-refractivity contribution in [2.24, 2.45) is 7.05 Å². The van der Waals surface area contributed by atoms with E-state index < -0.39 is 0 Å². The van der Waals surface area contributed by atoms with E-state index >= 15 is 0 Å². The molecule has 0 radical (unpaired) electrons. The van der Waals surface area contributed by atoms with Gasteiger partial charge < -0.3 is 10.1 Å². The van der Waals surface area contributed by atoms with Gasteiger partial charge in [-0.05, 0) is 12.1 Å². The predicted octanol–water partition coefficient (Wildman–Crippen LogP) is 1.72. The van der Waals surface area contributed by atoms with E-state index in [2.05, 4.69) is 22.3 Å². The van der Waals surface area contributed by atoms with E-state index in [1.165, 1.54) is 0 Å². The second-order valence-corrected chi connectivity index (χ2v) is 3.74. The molecule has 17 heavy (non-hydrogen) atoms. The summed E-state index contributed by atoms with van der Waals surface area (Å²) < 4.78 is 7.23. The van der Waals surface area contributed by atoms with Gasteiger partial charge in [0.2, 0.25) is 5.88 Å². The fourth-order valence-corrected chi connectivity index (χ4v) is 1.42. The van der Waals surface area contributed by atoms with Crippen LogP contribution >= 0.6 is 0 Å². The van der Waals surface area contributed by atoms with Gasteiger partial charge in [-0.15, -0.1) is 0 Å². The standard InChI is InChI=1S/C12H16N4O/c1-3-13-6-10-4-5-12(14-7-10)17-11-8-15-16(2)9-11/h4-5,7-9,13H,3,6H2,1-2H3. The Bertz CT molecular complexity index is 464. The third-order valence-electron chi connectivity index (χ3n) is 2.28. The summed E-state index contributed by atoms with van der Waals surface area (Å²) in [5, 5.41) is 7.27. The number of nitrogens with one attached hydrogen (secondary N) is 1. The lowest BCUT2D eigenvalue weighted by Crippen LogP contribution is -2.11. The summed E-state index contributed by atoms with van der Waals surface area (Å²) in [5.41, 5.74) is 1.14. The van der Waals surface area contributed by atoms with E-state index in [-0.39, 0.29) is 0 Å². The highest BCUT2D eigenvalue weighted by molar-refractivity contribution is 5.23. The number of hydrogen-bond donors (Lipinski definition) is 1. The first kappa shape index (κ1) is 11.6. The molecule has 2 heterocycles. The molecule has 1 N–H and O–H groups in total. The van der Waals surface area contributed by atoms with Crippen molar-refractivity contribution in [3.05, 3.63) is 36.3 Å². The minimum atomic E-state index is 0.582. The Morgan fingerprint density at radius 1 is 1.35 bits per heavy atom. The van der Waals surface area contributed by atoms with E-state index in [1.807, 2.05) is 25.4 Å². The molecule has 0 amide bonds. The molecule has 2 aromatic heterocycles. The van der Waals surface area contributed by atoms with Crippen LogP contribution in [0.3, 0.4) is 0 Å². The van der Waals surface area contributed by atoms with Crippen LogP contribution in [0.4, 0.5) is 0 Å². The summed E-state index contributed by atoms with van der Waals surface area (Å²) >= 11 is 0. The molecule has 5 heteroatoms. The Morgan fingerprint density at radius 2 is 2.24 bits per heavy atom. The van der Waals surface area contributed by atoms with E-state index in [9.17, 15) is 0 Å². The molecular formula is C12H16N4O. The van der Waals surface area contributed by atoms with Gasteiger partial charge in [-0.25, -0.2) is 4.98 Å². The molecule has 5 nitrogen and oxygen atoms in total. The average molecular weight is 232 g/mol. The monoisotopic (exact) mass is 232 g/mol. The Balaban J connectivity index is 1.98. The lowest BCUT2D eigenvalue weighted by molar-refractivity contribution is 0.461. The number of aryl methyl sites for hydroxylation is 1. The largest absolute Gasteiger partial charge is 0.436 e. The summed E-state index contributed by atoms with van der Waals surface area (Å²) in [7, 11) is 1.85. The zero-order valence-corrected chi connectivity index (χ0v) is 10.1. The van der Waals surface area contributed by atoms with Crippen molar-refractivity contribution in [2.75, 3.05) is 6.54 Å². The Hall–Kier alpha value is -1.88. The minimum Gasteiger partial charge on any atom is -0.436 e. The van der Waals surface area contributed by atoms with Gasteiger partial charge in [0.05, 0.1) is 12.4 Å². The smallest absolute Gasteiger partial charge is 0.219 e. The van der Waals surface area contributed by atoms with Crippen molar-refractivity contribution < 1.29 is 4.74 Å². The molecule has 0 aliphatic carbocycles. The van der Waals surface area contributed by atoms with Gasteiger partial charge in [-0.2, -0.15) is 5.10 Å². The molecule has 0 saturated heterocycles. The van der Waals surface area contributed by atoms with Gasteiger partial charge in [0, 0.05) is 25.9 Å². The summed E-state index contributed by atoms with van der Waals surface area (Å²) in [6, 6.07) is 3.86. The summed E-state index contributed by atoms with van der Waals surface area (Å²) in [5.74, 6) is 1.28. The van der Waals surface area contributed by atoms with Crippen molar-refractivity contribution in [3.63, 3.8) is 0 Å². The molecule has 0 bridgehead atoms. The van der Waals surface area contributed by atoms with Gasteiger partial charge in [0.15, 0.2) is 5.75 Å². The van der Waals surface area contributed by atoms with Gasteiger partial charge in [0.1, 0.15) is 0 Å². The highest BCUT2D eigenvalue weighted by atomic mass is 16.5. The van der Waals surface area contributed by atoms with E-state index in [4.69, 9.17) is 4.74 Å². The Morgan fingerprint density at radius 3 is 2.82 bits per heavy atom.